The number of nitrogens with one attached hydrogen (secondary N) is 1. The molecule has 1 heterocycles. The third-order valence-corrected chi connectivity index (χ3v) is 4.20. The van der Waals surface area contributed by atoms with E-state index in [0.29, 0.717) is 17.0 Å². The van der Waals surface area contributed by atoms with Crippen molar-refractivity contribution < 1.29 is 8.78 Å². The normalized spacial score (nSPS) is 25.4. The van der Waals surface area contributed by atoms with Gasteiger partial charge in [-0.1, -0.05) is 6.92 Å². The van der Waals surface area contributed by atoms with E-state index in [1.165, 1.54) is 17.9 Å². The molecule has 0 radical (unpaired) electrons. The number of halogens is 2. The third-order valence-electron chi connectivity index (χ3n) is 2.82. The minimum absolute atomic E-state index is 0.306. The van der Waals surface area contributed by atoms with E-state index in [2.05, 4.69) is 12.2 Å². The number of benzene rings is 1. The highest BCUT2D eigenvalue weighted by molar-refractivity contribution is 8.00. The summed E-state index contributed by atoms with van der Waals surface area (Å²) in [6.07, 6.45) is 2.22. The first-order valence-corrected chi connectivity index (χ1v) is 6.54. The van der Waals surface area contributed by atoms with E-state index < -0.39 is 11.6 Å². The lowest BCUT2D eigenvalue weighted by Gasteiger charge is -2.29. The summed E-state index contributed by atoms with van der Waals surface area (Å²) < 4.78 is 26.0. The summed E-state index contributed by atoms with van der Waals surface area (Å²) in [6, 6.07) is 3.88. The van der Waals surface area contributed by atoms with Crippen molar-refractivity contribution in [2.75, 3.05) is 11.1 Å². The van der Waals surface area contributed by atoms with Gasteiger partial charge in [-0.25, -0.2) is 8.78 Å². The third kappa shape index (κ3) is 2.88. The molecule has 4 heteroatoms. The SMILES string of the molecule is CC1SCCCC1Nc1cc(F)cc(F)c1. The molecule has 1 aliphatic heterocycles. The zero-order valence-electron chi connectivity index (χ0n) is 9.17. The van der Waals surface area contributed by atoms with Gasteiger partial charge in [0.1, 0.15) is 11.6 Å². The van der Waals surface area contributed by atoms with Crippen LogP contribution in [0.2, 0.25) is 0 Å². The Morgan fingerprint density at radius 2 is 1.94 bits per heavy atom. The predicted octanol–water partition coefficient (Wildman–Crippen LogP) is 3.66. The maximum Gasteiger partial charge on any atom is 0.128 e. The molecule has 1 saturated heterocycles. The van der Waals surface area contributed by atoms with Crippen molar-refractivity contribution in [1.29, 1.82) is 0 Å². The smallest absolute Gasteiger partial charge is 0.128 e. The highest BCUT2D eigenvalue weighted by Gasteiger charge is 2.21. The lowest BCUT2D eigenvalue weighted by molar-refractivity contribution is 0.580. The Bertz CT molecular complexity index is 350. The Morgan fingerprint density at radius 1 is 1.25 bits per heavy atom. The molecule has 1 N–H and O–H groups in total. The standard InChI is InChI=1S/C12H15F2NS/c1-8-12(3-2-4-16-8)15-11-6-9(13)5-10(14)7-11/h5-8,12,15H,2-4H2,1H3. The predicted molar refractivity (Wildman–Crippen MR) is 64.9 cm³/mol. The fourth-order valence-corrected chi connectivity index (χ4v) is 3.11. The molecule has 2 rings (SSSR count). The molecule has 1 aliphatic rings. The number of thioether (sulfide) groups is 1. The topological polar surface area (TPSA) is 12.0 Å². The molecule has 0 amide bonds. The fourth-order valence-electron chi connectivity index (χ4n) is 1.96. The van der Waals surface area contributed by atoms with Gasteiger partial charge in [-0.3, -0.25) is 0 Å². The molecule has 2 unspecified atom stereocenters. The van der Waals surface area contributed by atoms with Crippen molar-refractivity contribution in [2.24, 2.45) is 0 Å². The van der Waals surface area contributed by atoms with E-state index in [9.17, 15) is 8.78 Å². The molecule has 1 aromatic rings. The van der Waals surface area contributed by atoms with Crippen LogP contribution in [-0.4, -0.2) is 17.0 Å². The van der Waals surface area contributed by atoms with Crippen molar-refractivity contribution >= 4 is 17.4 Å². The molecule has 0 saturated carbocycles. The van der Waals surface area contributed by atoms with Crippen LogP contribution >= 0.6 is 11.8 Å². The first kappa shape index (κ1) is 11.7. The Balaban J connectivity index is 2.07. The molecule has 16 heavy (non-hydrogen) atoms. The quantitative estimate of drug-likeness (QED) is 0.850. The maximum atomic E-state index is 13.0. The van der Waals surface area contributed by atoms with Crippen molar-refractivity contribution in [3.05, 3.63) is 29.8 Å². The minimum Gasteiger partial charge on any atom is -0.381 e. The summed E-state index contributed by atoms with van der Waals surface area (Å²) in [5.41, 5.74) is 0.539. The van der Waals surface area contributed by atoms with Crippen LogP contribution < -0.4 is 5.32 Å². The molecule has 2 atom stereocenters. The van der Waals surface area contributed by atoms with Crippen LogP contribution in [0.3, 0.4) is 0 Å². The van der Waals surface area contributed by atoms with Gasteiger partial charge in [0.05, 0.1) is 0 Å². The molecule has 0 aliphatic carbocycles. The van der Waals surface area contributed by atoms with Crippen molar-refractivity contribution in [3.63, 3.8) is 0 Å². The number of rotatable bonds is 2. The van der Waals surface area contributed by atoms with Gasteiger partial charge in [0.2, 0.25) is 0 Å². The van der Waals surface area contributed by atoms with Crippen LogP contribution in [0.4, 0.5) is 14.5 Å². The van der Waals surface area contributed by atoms with Crippen LogP contribution in [0.1, 0.15) is 19.8 Å². The number of hydrogen-bond acceptors (Lipinski definition) is 2. The molecule has 0 bridgehead atoms. The monoisotopic (exact) mass is 243 g/mol. The summed E-state index contributed by atoms with van der Waals surface area (Å²) >= 11 is 1.90. The molecule has 1 nitrogen and oxygen atoms in total. The van der Waals surface area contributed by atoms with Crippen LogP contribution in [0.15, 0.2) is 18.2 Å². The summed E-state index contributed by atoms with van der Waals surface area (Å²) in [5, 5.41) is 3.70. The van der Waals surface area contributed by atoms with Crippen LogP contribution in [0, 0.1) is 11.6 Å². The summed E-state index contributed by atoms with van der Waals surface area (Å²) in [7, 11) is 0. The van der Waals surface area contributed by atoms with Crippen LogP contribution in [0.25, 0.3) is 0 Å². The second-order valence-electron chi connectivity index (χ2n) is 4.13. The molecule has 0 spiro atoms. The molecule has 88 valence electrons. The second kappa shape index (κ2) is 5.04. The molecule has 1 fully saturated rings. The Morgan fingerprint density at radius 3 is 2.56 bits per heavy atom. The second-order valence-corrected chi connectivity index (χ2v) is 5.61. The van der Waals surface area contributed by atoms with Gasteiger partial charge in [-0.2, -0.15) is 11.8 Å². The zero-order chi connectivity index (χ0) is 11.5. The lowest BCUT2D eigenvalue weighted by atomic mass is 10.1. The van der Waals surface area contributed by atoms with Gasteiger partial charge < -0.3 is 5.32 Å². The van der Waals surface area contributed by atoms with Crippen LogP contribution in [-0.2, 0) is 0 Å². The van der Waals surface area contributed by atoms with E-state index in [-0.39, 0.29) is 0 Å². The van der Waals surface area contributed by atoms with Gasteiger partial charge in [-0.05, 0) is 30.7 Å². The van der Waals surface area contributed by atoms with Crippen molar-refractivity contribution in [2.45, 2.75) is 31.1 Å². The lowest BCUT2D eigenvalue weighted by Crippen LogP contribution is -2.32. The molecular formula is C12H15F2NS. The van der Waals surface area contributed by atoms with Crippen molar-refractivity contribution in [3.8, 4) is 0 Å². The fraction of sp³-hybridized carbons (Fsp3) is 0.500. The largest absolute Gasteiger partial charge is 0.381 e. The summed E-state index contributed by atoms with van der Waals surface area (Å²) in [6.45, 7) is 2.15. The first-order valence-electron chi connectivity index (χ1n) is 5.49. The minimum atomic E-state index is -0.529. The van der Waals surface area contributed by atoms with E-state index >= 15 is 0 Å². The molecular weight excluding hydrogens is 228 g/mol. The molecule has 1 aromatic carbocycles. The van der Waals surface area contributed by atoms with Gasteiger partial charge in [0.25, 0.3) is 0 Å². The highest BCUT2D eigenvalue weighted by Crippen LogP contribution is 2.28. The van der Waals surface area contributed by atoms with Gasteiger partial charge in [0, 0.05) is 23.0 Å². The summed E-state index contributed by atoms with van der Waals surface area (Å²) in [5.74, 6) is 0.119. The van der Waals surface area contributed by atoms with E-state index in [1.807, 2.05) is 11.8 Å². The Labute approximate surface area is 98.6 Å². The highest BCUT2D eigenvalue weighted by atomic mass is 32.2. The van der Waals surface area contributed by atoms with Gasteiger partial charge in [0.15, 0.2) is 0 Å². The first-order chi connectivity index (χ1) is 7.65. The number of anilines is 1. The molecule has 0 aromatic heterocycles. The van der Waals surface area contributed by atoms with Crippen molar-refractivity contribution in [1.82, 2.24) is 0 Å². The van der Waals surface area contributed by atoms with E-state index in [0.717, 1.165) is 18.9 Å². The Kier molecular flexibility index (Phi) is 3.69. The van der Waals surface area contributed by atoms with Gasteiger partial charge in [-0.15, -0.1) is 0 Å². The van der Waals surface area contributed by atoms with Gasteiger partial charge >= 0.3 is 0 Å². The number of hydrogen-bond donors (Lipinski definition) is 1. The van der Waals surface area contributed by atoms with E-state index in [4.69, 9.17) is 0 Å². The average Bonchev–Trinajstić information content (AvgIpc) is 2.20. The maximum absolute atomic E-state index is 13.0. The zero-order valence-corrected chi connectivity index (χ0v) is 9.99. The average molecular weight is 243 g/mol. The Hall–Kier alpha value is -0.770. The van der Waals surface area contributed by atoms with Crippen LogP contribution in [0.5, 0.6) is 0 Å². The van der Waals surface area contributed by atoms with E-state index in [1.54, 1.807) is 0 Å². The summed E-state index contributed by atoms with van der Waals surface area (Å²) in [4.78, 5) is 0.